The summed E-state index contributed by atoms with van der Waals surface area (Å²) in [4.78, 5) is 51.3. The summed E-state index contributed by atoms with van der Waals surface area (Å²) in [6.45, 7) is 3.39. The number of amides is 4. The maximum Gasteiger partial charge on any atom is 0.337 e. The maximum atomic E-state index is 12.5. The number of rotatable bonds is 5. The van der Waals surface area contributed by atoms with Crippen molar-refractivity contribution in [3.63, 3.8) is 0 Å². The third-order valence-electron chi connectivity index (χ3n) is 5.23. The molecule has 9 heteroatoms. The van der Waals surface area contributed by atoms with Gasteiger partial charge in [0, 0.05) is 25.3 Å². The Hall–Kier alpha value is -2.94. The zero-order chi connectivity index (χ0) is 20.3. The topological polar surface area (TPSA) is 108 Å². The van der Waals surface area contributed by atoms with Crippen molar-refractivity contribution in [2.24, 2.45) is 0 Å². The molecule has 0 aromatic heterocycles. The molecular formula is C19H24N4O5. The van der Waals surface area contributed by atoms with E-state index in [1.165, 1.54) is 12.0 Å². The Labute approximate surface area is 163 Å². The van der Waals surface area contributed by atoms with E-state index in [0.29, 0.717) is 43.7 Å². The minimum atomic E-state index is -0.830. The number of methoxy groups -OCH3 is 1. The van der Waals surface area contributed by atoms with E-state index in [9.17, 15) is 19.2 Å². The van der Waals surface area contributed by atoms with Gasteiger partial charge in [0.05, 0.1) is 19.2 Å². The first kappa shape index (κ1) is 19.8. The molecule has 1 aromatic rings. The number of likely N-dealkylation sites (tertiary alicyclic amines) is 1. The van der Waals surface area contributed by atoms with Crippen LogP contribution in [0.4, 0.5) is 10.5 Å². The number of likely N-dealkylation sites (N-methyl/N-ethyl adjacent to an activating group) is 1. The lowest BCUT2D eigenvalue weighted by atomic mass is 9.87. The van der Waals surface area contributed by atoms with Gasteiger partial charge in [0.25, 0.3) is 5.91 Å². The summed E-state index contributed by atoms with van der Waals surface area (Å²) in [5.41, 5.74) is 0.165. The second kappa shape index (κ2) is 7.97. The predicted octanol–water partition coefficient (Wildman–Crippen LogP) is 0.818. The van der Waals surface area contributed by atoms with Crippen molar-refractivity contribution in [3.05, 3.63) is 29.8 Å². The predicted molar refractivity (Wildman–Crippen MR) is 101 cm³/mol. The molecule has 0 aliphatic carbocycles. The molecule has 0 atom stereocenters. The van der Waals surface area contributed by atoms with Gasteiger partial charge < -0.3 is 15.4 Å². The summed E-state index contributed by atoms with van der Waals surface area (Å²) >= 11 is 0. The number of anilines is 1. The summed E-state index contributed by atoms with van der Waals surface area (Å²) in [5.74, 6) is -0.788. The van der Waals surface area contributed by atoms with Crippen molar-refractivity contribution in [1.29, 1.82) is 0 Å². The van der Waals surface area contributed by atoms with Crippen LogP contribution >= 0.6 is 0 Å². The number of carbonyl (C=O) groups is 4. The average molecular weight is 388 g/mol. The average Bonchev–Trinajstić information content (AvgIpc) is 2.92. The second-order valence-electron chi connectivity index (χ2n) is 6.95. The van der Waals surface area contributed by atoms with Crippen LogP contribution in [0.15, 0.2) is 24.3 Å². The largest absolute Gasteiger partial charge is 0.465 e. The molecule has 150 valence electrons. The minimum absolute atomic E-state index is 0.171. The van der Waals surface area contributed by atoms with Gasteiger partial charge in [-0.1, -0.05) is 0 Å². The van der Waals surface area contributed by atoms with Crippen LogP contribution in [0.25, 0.3) is 0 Å². The number of urea groups is 1. The first-order chi connectivity index (χ1) is 13.4. The second-order valence-corrected chi connectivity index (χ2v) is 6.95. The lowest BCUT2D eigenvalue weighted by molar-refractivity contribution is -0.132. The van der Waals surface area contributed by atoms with Gasteiger partial charge in [-0.05, 0) is 44.0 Å². The van der Waals surface area contributed by atoms with Crippen molar-refractivity contribution in [3.8, 4) is 0 Å². The number of esters is 1. The highest BCUT2D eigenvalue weighted by atomic mass is 16.5. The number of ether oxygens (including phenoxy) is 1. The summed E-state index contributed by atoms with van der Waals surface area (Å²) in [6, 6.07) is 6.11. The van der Waals surface area contributed by atoms with E-state index in [1.54, 1.807) is 31.2 Å². The van der Waals surface area contributed by atoms with Gasteiger partial charge in [-0.15, -0.1) is 0 Å². The van der Waals surface area contributed by atoms with E-state index >= 15 is 0 Å². The van der Waals surface area contributed by atoms with Crippen LogP contribution in [0.1, 0.15) is 30.1 Å². The monoisotopic (exact) mass is 388 g/mol. The Morgan fingerprint density at radius 3 is 2.36 bits per heavy atom. The van der Waals surface area contributed by atoms with Crippen LogP contribution in [0.3, 0.4) is 0 Å². The molecule has 0 saturated carbocycles. The van der Waals surface area contributed by atoms with E-state index in [2.05, 4.69) is 15.4 Å². The molecule has 9 nitrogen and oxygen atoms in total. The van der Waals surface area contributed by atoms with Crippen LogP contribution < -0.4 is 10.6 Å². The first-order valence-electron chi connectivity index (χ1n) is 9.23. The van der Waals surface area contributed by atoms with E-state index in [1.807, 2.05) is 4.90 Å². The Kier molecular flexibility index (Phi) is 5.64. The molecule has 1 aromatic carbocycles. The normalized spacial score (nSPS) is 18.9. The van der Waals surface area contributed by atoms with Crippen LogP contribution in [0.5, 0.6) is 0 Å². The quantitative estimate of drug-likeness (QED) is 0.571. The number of piperidine rings is 1. The molecular weight excluding hydrogens is 364 g/mol. The Morgan fingerprint density at radius 2 is 1.82 bits per heavy atom. The molecule has 4 amide bonds. The van der Waals surface area contributed by atoms with Crippen molar-refractivity contribution in [1.82, 2.24) is 15.1 Å². The van der Waals surface area contributed by atoms with Gasteiger partial charge in [0.15, 0.2) is 0 Å². The third-order valence-corrected chi connectivity index (χ3v) is 5.23. The van der Waals surface area contributed by atoms with Gasteiger partial charge in [-0.25, -0.2) is 9.59 Å². The van der Waals surface area contributed by atoms with Gasteiger partial charge in [-0.3, -0.25) is 19.4 Å². The van der Waals surface area contributed by atoms with Gasteiger partial charge in [-0.2, -0.15) is 0 Å². The van der Waals surface area contributed by atoms with Crippen LogP contribution in [0, 0.1) is 0 Å². The highest BCUT2D eigenvalue weighted by Crippen LogP contribution is 2.29. The number of nitrogens with zero attached hydrogens (tertiary/aromatic N) is 2. The van der Waals surface area contributed by atoms with Crippen molar-refractivity contribution in [2.45, 2.75) is 25.3 Å². The Bertz CT molecular complexity index is 784. The van der Waals surface area contributed by atoms with E-state index < -0.39 is 11.5 Å². The molecule has 2 aliphatic heterocycles. The van der Waals surface area contributed by atoms with Crippen LogP contribution in [0.2, 0.25) is 0 Å². The van der Waals surface area contributed by atoms with Crippen LogP contribution in [-0.4, -0.2) is 72.4 Å². The Balaban J connectivity index is 1.51. The lowest BCUT2D eigenvalue weighted by Gasteiger charge is -2.36. The highest BCUT2D eigenvalue weighted by Gasteiger charge is 2.51. The SMILES string of the molecule is CCN1C(=O)NC2(CCN(CC(=O)Nc3ccc(C(=O)OC)cc3)CC2)C1=O. The molecule has 1 spiro atoms. The van der Waals surface area contributed by atoms with Gasteiger partial charge in [0.2, 0.25) is 5.91 Å². The van der Waals surface area contributed by atoms with Crippen molar-refractivity contribution < 1.29 is 23.9 Å². The molecule has 3 rings (SSSR count). The molecule has 2 saturated heterocycles. The molecule has 0 unspecified atom stereocenters. The first-order valence-corrected chi connectivity index (χ1v) is 9.23. The summed E-state index contributed by atoms with van der Waals surface area (Å²) in [6.07, 6.45) is 0.963. The number of nitrogens with one attached hydrogen (secondary N) is 2. The van der Waals surface area contributed by atoms with Crippen LogP contribution in [-0.2, 0) is 14.3 Å². The summed E-state index contributed by atoms with van der Waals surface area (Å²) < 4.78 is 4.64. The van der Waals surface area contributed by atoms with Gasteiger partial charge >= 0.3 is 12.0 Å². The minimum Gasteiger partial charge on any atom is -0.465 e. The van der Waals surface area contributed by atoms with Gasteiger partial charge in [0.1, 0.15) is 5.54 Å². The van der Waals surface area contributed by atoms with Crippen molar-refractivity contribution in [2.75, 3.05) is 38.6 Å². The fourth-order valence-corrected chi connectivity index (χ4v) is 3.61. The van der Waals surface area contributed by atoms with E-state index in [-0.39, 0.29) is 24.4 Å². The number of hydrogen-bond donors (Lipinski definition) is 2. The fraction of sp³-hybridized carbons (Fsp3) is 0.474. The number of hydrogen-bond acceptors (Lipinski definition) is 6. The van der Waals surface area contributed by atoms with Crippen molar-refractivity contribution >= 4 is 29.5 Å². The molecule has 0 radical (unpaired) electrons. The maximum absolute atomic E-state index is 12.5. The standard InChI is InChI=1S/C19H24N4O5/c1-3-23-17(26)19(21-18(23)27)8-10-22(11-9-19)12-15(24)20-14-6-4-13(5-7-14)16(25)28-2/h4-7H,3,8-12H2,1-2H3,(H,20,24)(H,21,27). The zero-order valence-corrected chi connectivity index (χ0v) is 16.0. The summed E-state index contributed by atoms with van der Waals surface area (Å²) in [5, 5.41) is 5.61. The van der Waals surface area contributed by atoms with E-state index in [0.717, 1.165) is 0 Å². The van der Waals surface area contributed by atoms with E-state index in [4.69, 9.17) is 0 Å². The number of benzene rings is 1. The molecule has 2 aliphatic rings. The third kappa shape index (κ3) is 3.84. The highest BCUT2D eigenvalue weighted by molar-refractivity contribution is 6.07. The molecule has 0 bridgehead atoms. The lowest BCUT2D eigenvalue weighted by Crippen LogP contribution is -2.55. The zero-order valence-electron chi connectivity index (χ0n) is 16.0. The number of carbonyl (C=O) groups excluding carboxylic acids is 4. The summed E-state index contributed by atoms with van der Waals surface area (Å²) in [7, 11) is 1.31. The number of imide groups is 1. The molecule has 2 fully saturated rings. The Morgan fingerprint density at radius 1 is 1.18 bits per heavy atom. The smallest absolute Gasteiger partial charge is 0.337 e. The molecule has 2 heterocycles. The fourth-order valence-electron chi connectivity index (χ4n) is 3.61. The molecule has 2 N–H and O–H groups in total. The molecule has 28 heavy (non-hydrogen) atoms.